The fourth-order valence-corrected chi connectivity index (χ4v) is 2.21. The summed E-state index contributed by atoms with van der Waals surface area (Å²) in [6.07, 6.45) is 3.15. The van der Waals surface area contributed by atoms with Crippen molar-refractivity contribution in [2.45, 2.75) is 0 Å². The molecule has 0 spiro atoms. The molecule has 0 atom stereocenters. The third-order valence-electron chi connectivity index (χ3n) is 3.53. The number of ketones is 1. The van der Waals surface area contributed by atoms with E-state index >= 15 is 0 Å². The van der Waals surface area contributed by atoms with E-state index in [1.54, 1.807) is 70.9 Å². The first-order chi connectivity index (χ1) is 11.6. The Labute approximate surface area is 141 Å². The van der Waals surface area contributed by atoms with Crippen molar-refractivity contribution in [3.8, 4) is 23.0 Å². The van der Waals surface area contributed by atoms with E-state index < -0.39 is 0 Å². The number of carbonyl (C=O) groups excluding carboxylic acids is 1. The third kappa shape index (κ3) is 3.87. The van der Waals surface area contributed by atoms with Crippen molar-refractivity contribution < 1.29 is 23.7 Å². The van der Waals surface area contributed by atoms with Crippen molar-refractivity contribution in [3.63, 3.8) is 0 Å². The van der Waals surface area contributed by atoms with Crippen LogP contribution in [-0.4, -0.2) is 34.2 Å². The van der Waals surface area contributed by atoms with E-state index in [1.807, 2.05) is 0 Å². The highest BCUT2D eigenvalue weighted by atomic mass is 16.5. The summed E-state index contributed by atoms with van der Waals surface area (Å²) in [7, 11) is 6.25. The summed E-state index contributed by atoms with van der Waals surface area (Å²) >= 11 is 0. The van der Waals surface area contributed by atoms with Gasteiger partial charge >= 0.3 is 0 Å². The minimum absolute atomic E-state index is 0.127. The van der Waals surface area contributed by atoms with Crippen molar-refractivity contribution in [2.75, 3.05) is 28.4 Å². The van der Waals surface area contributed by atoms with Crippen molar-refractivity contribution in [1.29, 1.82) is 0 Å². The molecular weight excluding hydrogens is 308 g/mol. The molecule has 5 heteroatoms. The molecule has 0 aliphatic rings. The largest absolute Gasteiger partial charge is 0.497 e. The SMILES string of the molecule is COc1ccc(C(=O)/C=C/c2c(OC)cc(OC)cc2OC)cc1. The second-order valence-corrected chi connectivity index (χ2v) is 4.87. The summed E-state index contributed by atoms with van der Waals surface area (Å²) in [5, 5.41) is 0. The van der Waals surface area contributed by atoms with E-state index in [-0.39, 0.29) is 5.78 Å². The number of benzene rings is 2. The maximum absolute atomic E-state index is 12.3. The van der Waals surface area contributed by atoms with Gasteiger partial charge < -0.3 is 18.9 Å². The molecule has 0 aliphatic heterocycles. The zero-order valence-corrected chi connectivity index (χ0v) is 14.2. The van der Waals surface area contributed by atoms with Gasteiger partial charge in [-0.15, -0.1) is 0 Å². The molecule has 126 valence electrons. The summed E-state index contributed by atoms with van der Waals surface area (Å²) in [5.74, 6) is 2.31. The van der Waals surface area contributed by atoms with Gasteiger partial charge in [0.2, 0.25) is 0 Å². The first-order valence-corrected chi connectivity index (χ1v) is 7.29. The zero-order chi connectivity index (χ0) is 17.5. The Morgan fingerprint density at radius 1 is 0.792 bits per heavy atom. The summed E-state index contributed by atoms with van der Waals surface area (Å²) in [5.41, 5.74) is 1.24. The van der Waals surface area contributed by atoms with Crippen LogP contribution in [0.1, 0.15) is 15.9 Å². The molecule has 5 nitrogen and oxygen atoms in total. The number of hydrogen-bond donors (Lipinski definition) is 0. The Morgan fingerprint density at radius 3 is 1.79 bits per heavy atom. The highest BCUT2D eigenvalue weighted by Crippen LogP contribution is 2.35. The van der Waals surface area contributed by atoms with Gasteiger partial charge in [0, 0.05) is 17.7 Å². The lowest BCUT2D eigenvalue weighted by molar-refractivity contribution is 0.104. The Kier molecular flexibility index (Phi) is 5.84. The monoisotopic (exact) mass is 328 g/mol. The first kappa shape index (κ1) is 17.4. The smallest absolute Gasteiger partial charge is 0.185 e. The normalized spacial score (nSPS) is 10.5. The van der Waals surface area contributed by atoms with Crippen LogP contribution < -0.4 is 18.9 Å². The van der Waals surface area contributed by atoms with Crippen LogP contribution in [-0.2, 0) is 0 Å². The molecule has 0 amide bonds. The molecule has 0 aromatic heterocycles. The zero-order valence-electron chi connectivity index (χ0n) is 14.2. The van der Waals surface area contributed by atoms with Crippen LogP contribution in [0.25, 0.3) is 6.08 Å². The number of hydrogen-bond acceptors (Lipinski definition) is 5. The lowest BCUT2D eigenvalue weighted by Gasteiger charge is -2.12. The summed E-state index contributed by atoms with van der Waals surface area (Å²) in [6.45, 7) is 0. The van der Waals surface area contributed by atoms with Crippen LogP contribution in [0.5, 0.6) is 23.0 Å². The summed E-state index contributed by atoms with van der Waals surface area (Å²) in [6, 6.07) is 10.4. The van der Waals surface area contributed by atoms with Crippen molar-refractivity contribution in [3.05, 3.63) is 53.6 Å². The molecule has 0 heterocycles. The molecule has 24 heavy (non-hydrogen) atoms. The maximum Gasteiger partial charge on any atom is 0.185 e. The standard InChI is InChI=1S/C19H20O5/c1-21-14-7-5-13(6-8-14)17(20)10-9-16-18(23-3)11-15(22-2)12-19(16)24-4/h5-12H,1-4H3/b10-9+. The maximum atomic E-state index is 12.3. The number of allylic oxidation sites excluding steroid dienone is 1. The van der Waals surface area contributed by atoms with Gasteiger partial charge in [-0.25, -0.2) is 0 Å². The molecule has 0 saturated carbocycles. The lowest BCUT2D eigenvalue weighted by Crippen LogP contribution is -1.97. The second kappa shape index (κ2) is 8.06. The average Bonchev–Trinajstić information content (AvgIpc) is 2.65. The molecule has 0 N–H and O–H groups in total. The van der Waals surface area contributed by atoms with Gasteiger partial charge in [0.1, 0.15) is 23.0 Å². The van der Waals surface area contributed by atoms with Gasteiger partial charge in [-0.1, -0.05) is 0 Å². The van der Waals surface area contributed by atoms with Crippen LogP contribution in [0.15, 0.2) is 42.5 Å². The molecular formula is C19H20O5. The number of ether oxygens (including phenoxy) is 4. The fraction of sp³-hybridized carbons (Fsp3) is 0.211. The van der Waals surface area contributed by atoms with Gasteiger partial charge in [-0.2, -0.15) is 0 Å². The Morgan fingerprint density at radius 2 is 1.33 bits per heavy atom. The Bertz CT molecular complexity index is 707. The van der Waals surface area contributed by atoms with Crippen molar-refractivity contribution in [1.82, 2.24) is 0 Å². The number of methoxy groups -OCH3 is 4. The van der Waals surface area contributed by atoms with Crippen LogP contribution >= 0.6 is 0 Å². The molecule has 2 aromatic rings. The van der Waals surface area contributed by atoms with Crippen LogP contribution in [0.2, 0.25) is 0 Å². The predicted molar refractivity (Wildman–Crippen MR) is 92.5 cm³/mol. The Balaban J connectivity index is 2.31. The molecule has 0 aliphatic carbocycles. The second-order valence-electron chi connectivity index (χ2n) is 4.87. The van der Waals surface area contributed by atoms with E-state index in [9.17, 15) is 4.79 Å². The van der Waals surface area contributed by atoms with Gasteiger partial charge in [0.25, 0.3) is 0 Å². The lowest BCUT2D eigenvalue weighted by atomic mass is 10.1. The van der Waals surface area contributed by atoms with E-state index in [4.69, 9.17) is 18.9 Å². The van der Waals surface area contributed by atoms with Gasteiger partial charge in [0.05, 0.1) is 34.0 Å². The number of carbonyl (C=O) groups is 1. The molecule has 0 saturated heterocycles. The molecule has 0 bridgehead atoms. The quantitative estimate of drug-likeness (QED) is 0.574. The summed E-state index contributed by atoms with van der Waals surface area (Å²) < 4.78 is 21.0. The fourth-order valence-electron chi connectivity index (χ4n) is 2.21. The topological polar surface area (TPSA) is 54.0 Å². The minimum atomic E-state index is -0.127. The van der Waals surface area contributed by atoms with E-state index in [0.717, 1.165) is 0 Å². The van der Waals surface area contributed by atoms with E-state index in [2.05, 4.69) is 0 Å². The predicted octanol–water partition coefficient (Wildman–Crippen LogP) is 3.62. The van der Waals surface area contributed by atoms with Gasteiger partial charge in [-0.3, -0.25) is 4.79 Å². The van der Waals surface area contributed by atoms with Crippen molar-refractivity contribution >= 4 is 11.9 Å². The highest BCUT2D eigenvalue weighted by molar-refractivity contribution is 6.07. The first-order valence-electron chi connectivity index (χ1n) is 7.29. The summed E-state index contributed by atoms with van der Waals surface area (Å²) in [4.78, 5) is 12.3. The molecule has 2 aromatic carbocycles. The average molecular weight is 328 g/mol. The van der Waals surface area contributed by atoms with Crippen LogP contribution in [0.4, 0.5) is 0 Å². The van der Waals surface area contributed by atoms with Crippen molar-refractivity contribution in [2.24, 2.45) is 0 Å². The van der Waals surface area contributed by atoms with Crippen LogP contribution in [0, 0.1) is 0 Å². The molecule has 0 fully saturated rings. The van der Waals surface area contributed by atoms with E-state index in [0.29, 0.717) is 34.1 Å². The van der Waals surface area contributed by atoms with Crippen LogP contribution in [0.3, 0.4) is 0 Å². The number of rotatable bonds is 7. The molecule has 2 rings (SSSR count). The third-order valence-corrected chi connectivity index (χ3v) is 3.53. The molecule has 0 unspecified atom stereocenters. The van der Waals surface area contributed by atoms with Gasteiger partial charge in [-0.05, 0) is 36.4 Å². The van der Waals surface area contributed by atoms with E-state index in [1.165, 1.54) is 6.08 Å². The van der Waals surface area contributed by atoms with Gasteiger partial charge in [0.15, 0.2) is 5.78 Å². The Hall–Kier alpha value is -2.95. The minimum Gasteiger partial charge on any atom is -0.497 e. The molecule has 0 radical (unpaired) electrons. The highest BCUT2D eigenvalue weighted by Gasteiger charge is 2.11.